The van der Waals surface area contributed by atoms with Crippen LogP contribution in [0.25, 0.3) is 11.4 Å². The van der Waals surface area contributed by atoms with Gasteiger partial charge in [-0.05, 0) is 36.6 Å². The summed E-state index contributed by atoms with van der Waals surface area (Å²) in [6.07, 6.45) is 0. The number of thioether (sulfide) groups is 1. The molecule has 0 saturated heterocycles. The molecule has 1 amide bonds. The third-order valence-electron chi connectivity index (χ3n) is 4.22. The van der Waals surface area contributed by atoms with E-state index in [4.69, 9.17) is 11.6 Å². The number of hydrogen-bond acceptors (Lipinski definition) is 5. The summed E-state index contributed by atoms with van der Waals surface area (Å²) in [6.45, 7) is 7.67. The van der Waals surface area contributed by atoms with Gasteiger partial charge in [0.2, 0.25) is 5.91 Å². The molecular formula is C20H23ClN4OS2. The number of carbonyl (C=O) groups is 1. The second-order valence-corrected chi connectivity index (χ2v) is 8.96. The van der Waals surface area contributed by atoms with Gasteiger partial charge < -0.3 is 9.88 Å². The van der Waals surface area contributed by atoms with Crippen LogP contribution >= 0.6 is 34.7 Å². The van der Waals surface area contributed by atoms with Gasteiger partial charge >= 0.3 is 0 Å². The summed E-state index contributed by atoms with van der Waals surface area (Å²) in [6, 6.07) is 9.62. The molecule has 0 unspecified atom stereocenters. The average Bonchev–Trinajstić information content (AvgIpc) is 3.32. The number of amides is 1. The molecule has 0 fully saturated rings. The van der Waals surface area contributed by atoms with Gasteiger partial charge in [-0.3, -0.25) is 4.79 Å². The zero-order chi connectivity index (χ0) is 20.1. The molecule has 8 heteroatoms. The van der Waals surface area contributed by atoms with Gasteiger partial charge in [0, 0.05) is 33.9 Å². The van der Waals surface area contributed by atoms with Crippen LogP contribution in [0.15, 0.2) is 40.9 Å². The SMILES string of the molecule is CCn1c(SCC(=O)NCc2ccc(Cl)cc2)nnc1-c1csc(C(C)C)c1. The summed E-state index contributed by atoms with van der Waals surface area (Å²) >= 11 is 9.03. The van der Waals surface area contributed by atoms with Crippen LogP contribution in [0.3, 0.4) is 0 Å². The van der Waals surface area contributed by atoms with Crippen molar-refractivity contribution in [1.29, 1.82) is 0 Å². The summed E-state index contributed by atoms with van der Waals surface area (Å²) in [5, 5.41) is 15.2. The van der Waals surface area contributed by atoms with Crippen LogP contribution in [0, 0.1) is 0 Å². The lowest BCUT2D eigenvalue weighted by Gasteiger charge is -2.07. The maximum absolute atomic E-state index is 12.2. The number of carbonyl (C=O) groups excluding carboxylic acids is 1. The molecule has 3 aromatic rings. The minimum atomic E-state index is -0.0372. The molecule has 0 aliphatic rings. The summed E-state index contributed by atoms with van der Waals surface area (Å²) in [7, 11) is 0. The summed E-state index contributed by atoms with van der Waals surface area (Å²) in [5.74, 6) is 1.61. The van der Waals surface area contributed by atoms with E-state index in [9.17, 15) is 4.79 Å². The molecule has 0 aliphatic heterocycles. The van der Waals surface area contributed by atoms with Crippen molar-refractivity contribution in [3.63, 3.8) is 0 Å². The number of nitrogens with one attached hydrogen (secondary N) is 1. The van der Waals surface area contributed by atoms with Gasteiger partial charge in [-0.15, -0.1) is 21.5 Å². The lowest BCUT2D eigenvalue weighted by molar-refractivity contribution is -0.118. The quantitative estimate of drug-likeness (QED) is 0.494. The van der Waals surface area contributed by atoms with Crippen molar-refractivity contribution in [2.45, 2.75) is 44.9 Å². The van der Waals surface area contributed by atoms with E-state index in [1.165, 1.54) is 16.6 Å². The molecule has 2 aromatic heterocycles. The highest BCUT2D eigenvalue weighted by Crippen LogP contribution is 2.30. The van der Waals surface area contributed by atoms with E-state index < -0.39 is 0 Å². The van der Waals surface area contributed by atoms with E-state index in [1.807, 2.05) is 24.3 Å². The fraction of sp³-hybridized carbons (Fsp3) is 0.350. The van der Waals surface area contributed by atoms with Crippen LogP contribution in [0.5, 0.6) is 0 Å². The molecule has 0 bridgehead atoms. The first-order valence-electron chi connectivity index (χ1n) is 9.13. The lowest BCUT2D eigenvalue weighted by atomic mass is 10.1. The van der Waals surface area contributed by atoms with Gasteiger partial charge in [0.15, 0.2) is 11.0 Å². The Morgan fingerprint density at radius 1 is 1.29 bits per heavy atom. The van der Waals surface area contributed by atoms with Gasteiger partial charge in [0.05, 0.1) is 5.75 Å². The van der Waals surface area contributed by atoms with Crippen molar-refractivity contribution in [1.82, 2.24) is 20.1 Å². The molecule has 0 spiro atoms. The van der Waals surface area contributed by atoms with Crippen molar-refractivity contribution in [3.05, 3.63) is 51.2 Å². The zero-order valence-corrected chi connectivity index (χ0v) is 18.5. The Hall–Kier alpha value is -1.83. The minimum Gasteiger partial charge on any atom is -0.351 e. The topological polar surface area (TPSA) is 59.8 Å². The molecule has 1 N–H and O–H groups in total. The van der Waals surface area contributed by atoms with Crippen LogP contribution < -0.4 is 5.32 Å². The van der Waals surface area contributed by atoms with E-state index in [0.717, 1.165) is 28.7 Å². The maximum atomic E-state index is 12.2. The molecule has 1 aromatic carbocycles. The number of hydrogen-bond donors (Lipinski definition) is 1. The molecular weight excluding hydrogens is 412 g/mol. The smallest absolute Gasteiger partial charge is 0.230 e. The molecule has 0 radical (unpaired) electrons. The highest BCUT2D eigenvalue weighted by atomic mass is 35.5. The summed E-state index contributed by atoms with van der Waals surface area (Å²) < 4.78 is 2.06. The predicted octanol–water partition coefficient (Wildman–Crippen LogP) is 5.21. The predicted molar refractivity (Wildman–Crippen MR) is 117 cm³/mol. The maximum Gasteiger partial charge on any atom is 0.230 e. The lowest BCUT2D eigenvalue weighted by Crippen LogP contribution is -2.24. The van der Waals surface area contributed by atoms with Gasteiger partial charge in [0.25, 0.3) is 0 Å². The van der Waals surface area contributed by atoms with E-state index in [2.05, 4.69) is 52.3 Å². The fourth-order valence-corrected chi connectivity index (χ4v) is 4.51. The number of nitrogens with zero attached hydrogens (tertiary/aromatic N) is 3. The van der Waals surface area contributed by atoms with Crippen molar-refractivity contribution in [2.24, 2.45) is 0 Å². The van der Waals surface area contributed by atoms with Crippen molar-refractivity contribution in [2.75, 3.05) is 5.75 Å². The van der Waals surface area contributed by atoms with E-state index in [-0.39, 0.29) is 5.91 Å². The largest absolute Gasteiger partial charge is 0.351 e. The summed E-state index contributed by atoms with van der Waals surface area (Å²) in [4.78, 5) is 13.5. The van der Waals surface area contributed by atoms with Crippen LogP contribution in [0.1, 0.15) is 37.1 Å². The van der Waals surface area contributed by atoms with Crippen LogP contribution in [-0.4, -0.2) is 26.4 Å². The van der Waals surface area contributed by atoms with E-state index in [1.54, 1.807) is 11.3 Å². The van der Waals surface area contributed by atoms with Crippen LogP contribution in [0.4, 0.5) is 0 Å². The fourth-order valence-electron chi connectivity index (χ4n) is 2.65. The van der Waals surface area contributed by atoms with E-state index >= 15 is 0 Å². The van der Waals surface area contributed by atoms with Crippen molar-refractivity contribution in [3.8, 4) is 11.4 Å². The van der Waals surface area contributed by atoms with Crippen LogP contribution in [-0.2, 0) is 17.9 Å². The highest BCUT2D eigenvalue weighted by molar-refractivity contribution is 7.99. The summed E-state index contributed by atoms with van der Waals surface area (Å²) in [5.41, 5.74) is 2.10. The first-order chi connectivity index (χ1) is 13.5. The number of rotatable bonds is 8. The Morgan fingerprint density at radius 3 is 2.68 bits per heavy atom. The number of halogens is 1. The zero-order valence-electron chi connectivity index (χ0n) is 16.1. The first-order valence-corrected chi connectivity index (χ1v) is 11.4. The van der Waals surface area contributed by atoms with Crippen molar-refractivity contribution < 1.29 is 4.79 Å². The van der Waals surface area contributed by atoms with E-state index in [0.29, 0.717) is 23.2 Å². The molecule has 0 aliphatic carbocycles. The Morgan fingerprint density at radius 2 is 2.04 bits per heavy atom. The van der Waals surface area contributed by atoms with Gasteiger partial charge in [-0.25, -0.2) is 0 Å². The van der Waals surface area contributed by atoms with Crippen molar-refractivity contribution >= 4 is 40.6 Å². The molecule has 3 rings (SSSR count). The first kappa shape index (κ1) is 20.9. The molecule has 148 valence electrons. The minimum absolute atomic E-state index is 0.0372. The second-order valence-electron chi connectivity index (χ2n) is 6.63. The average molecular weight is 435 g/mol. The Balaban J connectivity index is 1.60. The third kappa shape index (κ3) is 5.16. The number of thiophene rings is 1. The van der Waals surface area contributed by atoms with Crippen LogP contribution in [0.2, 0.25) is 5.02 Å². The third-order valence-corrected chi connectivity index (χ3v) is 6.67. The molecule has 5 nitrogen and oxygen atoms in total. The molecule has 0 atom stereocenters. The number of benzene rings is 1. The number of aromatic nitrogens is 3. The van der Waals surface area contributed by atoms with Gasteiger partial charge in [-0.2, -0.15) is 0 Å². The Bertz CT molecular complexity index is 934. The van der Waals surface area contributed by atoms with Gasteiger partial charge in [0.1, 0.15) is 0 Å². The highest BCUT2D eigenvalue weighted by Gasteiger charge is 2.16. The standard InChI is InChI=1S/C20H23ClN4OS2/c1-4-25-19(15-9-17(13(2)3)27-11-15)23-24-20(25)28-12-18(26)22-10-14-5-7-16(21)8-6-14/h5-9,11,13H,4,10,12H2,1-3H3,(H,22,26). The monoisotopic (exact) mass is 434 g/mol. The normalized spacial score (nSPS) is 11.2. The van der Waals surface area contributed by atoms with Gasteiger partial charge in [-0.1, -0.05) is 49.3 Å². The Labute approximate surface area is 178 Å². The molecule has 2 heterocycles. The second kappa shape index (κ2) is 9.58. The molecule has 28 heavy (non-hydrogen) atoms. The Kier molecular flexibility index (Phi) is 7.15. The molecule has 0 saturated carbocycles.